The van der Waals surface area contributed by atoms with Crippen LogP contribution in [0.3, 0.4) is 0 Å². The minimum atomic E-state index is 0.128. The highest BCUT2D eigenvalue weighted by Crippen LogP contribution is 2.30. The lowest BCUT2D eigenvalue weighted by Gasteiger charge is -2.32. The summed E-state index contributed by atoms with van der Waals surface area (Å²) in [6.07, 6.45) is 5.15. The Bertz CT molecular complexity index is 497. The predicted octanol–water partition coefficient (Wildman–Crippen LogP) is 1.78. The number of rotatable bonds is 4. The van der Waals surface area contributed by atoms with Crippen molar-refractivity contribution < 1.29 is 4.79 Å². The van der Waals surface area contributed by atoms with Gasteiger partial charge < -0.3 is 15.5 Å². The molecule has 0 aromatic heterocycles. The zero-order valence-electron chi connectivity index (χ0n) is 12.6. The van der Waals surface area contributed by atoms with E-state index in [1.54, 1.807) is 0 Å². The summed E-state index contributed by atoms with van der Waals surface area (Å²) in [6.45, 7) is 3.36. The van der Waals surface area contributed by atoms with Gasteiger partial charge in [-0.1, -0.05) is 18.2 Å². The van der Waals surface area contributed by atoms with Gasteiger partial charge in [0, 0.05) is 44.3 Å². The Morgan fingerprint density at radius 2 is 1.90 bits per heavy atom. The topological polar surface area (TPSA) is 49.6 Å². The van der Waals surface area contributed by atoms with Gasteiger partial charge in [0.05, 0.1) is 0 Å². The van der Waals surface area contributed by atoms with E-state index in [2.05, 4.69) is 29.2 Å². The summed E-state index contributed by atoms with van der Waals surface area (Å²) in [7, 11) is 0. The minimum absolute atomic E-state index is 0.128. The van der Waals surface area contributed by atoms with Crippen LogP contribution in [0.5, 0.6) is 0 Å². The van der Waals surface area contributed by atoms with Gasteiger partial charge in [0.15, 0.2) is 0 Å². The molecule has 114 valence electrons. The third-order valence-electron chi connectivity index (χ3n) is 4.75. The van der Waals surface area contributed by atoms with E-state index in [0.717, 1.165) is 38.9 Å². The van der Waals surface area contributed by atoms with Crippen molar-refractivity contribution in [1.29, 1.82) is 0 Å². The molecule has 21 heavy (non-hydrogen) atoms. The van der Waals surface area contributed by atoms with Crippen molar-refractivity contribution in [2.75, 3.05) is 31.1 Å². The van der Waals surface area contributed by atoms with E-state index in [9.17, 15) is 4.79 Å². The van der Waals surface area contributed by atoms with Gasteiger partial charge in [-0.25, -0.2) is 0 Å². The van der Waals surface area contributed by atoms with Crippen LogP contribution in [0.15, 0.2) is 24.3 Å². The Morgan fingerprint density at radius 3 is 2.67 bits per heavy atom. The van der Waals surface area contributed by atoms with Crippen LogP contribution in [0.25, 0.3) is 0 Å². The van der Waals surface area contributed by atoms with Gasteiger partial charge in [0.25, 0.3) is 0 Å². The van der Waals surface area contributed by atoms with Gasteiger partial charge in [-0.05, 0) is 37.3 Å². The molecule has 1 aromatic carbocycles. The second-order valence-corrected chi connectivity index (χ2v) is 6.11. The molecule has 1 aromatic rings. The normalized spacial score (nSPS) is 19.5. The summed E-state index contributed by atoms with van der Waals surface area (Å²) in [5.41, 5.74) is 8.61. The maximum Gasteiger partial charge on any atom is 0.224 e. The summed E-state index contributed by atoms with van der Waals surface area (Å²) in [6, 6.07) is 8.60. The van der Waals surface area contributed by atoms with Crippen LogP contribution in [0, 0.1) is 0 Å². The van der Waals surface area contributed by atoms with E-state index >= 15 is 0 Å². The quantitative estimate of drug-likeness (QED) is 0.918. The molecule has 4 heteroatoms. The number of nitrogens with zero attached hydrogens (tertiary/aromatic N) is 2. The molecule has 1 amide bonds. The number of piperidine rings is 1. The molecule has 2 heterocycles. The molecular weight excluding hydrogens is 262 g/mol. The largest absolute Gasteiger partial charge is 0.366 e. The predicted molar refractivity (Wildman–Crippen MR) is 85.4 cm³/mol. The van der Waals surface area contributed by atoms with Gasteiger partial charge in [-0.15, -0.1) is 0 Å². The number of amides is 1. The number of hydrogen-bond donors (Lipinski definition) is 1. The first-order valence-corrected chi connectivity index (χ1v) is 8.12. The standard InChI is InChI=1S/C17H25N3O/c18-13-15(12-17(21)19-9-4-1-5-10-19)20-11-8-14-6-2-3-7-16(14)20/h2-3,6-7,15H,1,4-5,8-13,18H2. The van der Waals surface area contributed by atoms with Crippen molar-refractivity contribution in [2.24, 2.45) is 5.73 Å². The Morgan fingerprint density at radius 1 is 1.14 bits per heavy atom. The van der Waals surface area contributed by atoms with Crippen molar-refractivity contribution in [3.8, 4) is 0 Å². The molecule has 0 bridgehead atoms. The van der Waals surface area contributed by atoms with Crippen molar-refractivity contribution in [3.05, 3.63) is 29.8 Å². The second kappa shape index (κ2) is 6.48. The first-order chi connectivity index (χ1) is 10.3. The van der Waals surface area contributed by atoms with Crippen molar-refractivity contribution in [2.45, 2.75) is 38.1 Å². The van der Waals surface area contributed by atoms with Crippen molar-refractivity contribution in [3.63, 3.8) is 0 Å². The van der Waals surface area contributed by atoms with Crippen LogP contribution in [0.1, 0.15) is 31.2 Å². The molecule has 0 spiro atoms. The lowest BCUT2D eigenvalue weighted by molar-refractivity contribution is -0.132. The fraction of sp³-hybridized carbons (Fsp3) is 0.588. The molecule has 2 aliphatic rings. The first kappa shape index (κ1) is 14.4. The molecule has 0 aliphatic carbocycles. The Labute approximate surface area is 126 Å². The molecule has 1 atom stereocenters. The second-order valence-electron chi connectivity index (χ2n) is 6.11. The summed E-state index contributed by atoms with van der Waals surface area (Å²) < 4.78 is 0. The van der Waals surface area contributed by atoms with Crippen LogP contribution in [-0.4, -0.2) is 43.0 Å². The first-order valence-electron chi connectivity index (χ1n) is 8.12. The summed E-state index contributed by atoms with van der Waals surface area (Å²) in [5.74, 6) is 0.273. The molecule has 0 saturated carbocycles. The van der Waals surface area contributed by atoms with E-state index in [-0.39, 0.29) is 11.9 Å². The van der Waals surface area contributed by atoms with E-state index in [0.29, 0.717) is 13.0 Å². The van der Waals surface area contributed by atoms with Crippen molar-refractivity contribution >= 4 is 11.6 Å². The van der Waals surface area contributed by atoms with E-state index in [1.807, 2.05) is 4.90 Å². The fourth-order valence-corrected chi connectivity index (χ4v) is 3.54. The average molecular weight is 287 g/mol. The number of anilines is 1. The number of nitrogens with two attached hydrogens (primary N) is 1. The van der Waals surface area contributed by atoms with E-state index in [4.69, 9.17) is 5.73 Å². The molecule has 4 nitrogen and oxygen atoms in total. The third-order valence-corrected chi connectivity index (χ3v) is 4.75. The number of carbonyl (C=O) groups is 1. The molecule has 1 fully saturated rings. The van der Waals surface area contributed by atoms with Crippen LogP contribution in [0.4, 0.5) is 5.69 Å². The molecule has 2 N–H and O–H groups in total. The zero-order valence-corrected chi connectivity index (χ0v) is 12.6. The number of benzene rings is 1. The summed E-state index contributed by atoms with van der Waals surface area (Å²) in [4.78, 5) is 16.8. The monoisotopic (exact) mass is 287 g/mol. The van der Waals surface area contributed by atoms with Gasteiger partial charge in [-0.2, -0.15) is 0 Å². The maximum absolute atomic E-state index is 12.5. The minimum Gasteiger partial charge on any atom is -0.366 e. The molecule has 0 radical (unpaired) electrons. The lowest BCUT2D eigenvalue weighted by Crippen LogP contribution is -2.45. The number of hydrogen-bond acceptors (Lipinski definition) is 3. The molecular formula is C17H25N3O. The number of carbonyl (C=O) groups excluding carboxylic acids is 1. The maximum atomic E-state index is 12.5. The summed E-state index contributed by atoms with van der Waals surface area (Å²) >= 11 is 0. The van der Waals surface area contributed by atoms with Crippen LogP contribution < -0.4 is 10.6 Å². The molecule has 1 saturated heterocycles. The highest BCUT2D eigenvalue weighted by atomic mass is 16.2. The highest BCUT2D eigenvalue weighted by molar-refractivity contribution is 5.78. The van der Waals surface area contributed by atoms with Crippen LogP contribution in [0.2, 0.25) is 0 Å². The van der Waals surface area contributed by atoms with Gasteiger partial charge in [0.2, 0.25) is 5.91 Å². The van der Waals surface area contributed by atoms with E-state index in [1.165, 1.54) is 17.7 Å². The third kappa shape index (κ3) is 3.05. The number of fused-ring (bicyclic) bond motifs is 1. The molecule has 3 rings (SSSR count). The van der Waals surface area contributed by atoms with Crippen LogP contribution in [-0.2, 0) is 11.2 Å². The number of likely N-dealkylation sites (tertiary alicyclic amines) is 1. The smallest absolute Gasteiger partial charge is 0.224 e. The van der Waals surface area contributed by atoms with Crippen molar-refractivity contribution in [1.82, 2.24) is 4.90 Å². The Balaban J connectivity index is 1.67. The van der Waals surface area contributed by atoms with Gasteiger partial charge in [-0.3, -0.25) is 4.79 Å². The Hall–Kier alpha value is -1.55. The number of para-hydroxylation sites is 1. The van der Waals surface area contributed by atoms with E-state index < -0.39 is 0 Å². The van der Waals surface area contributed by atoms with Gasteiger partial charge >= 0.3 is 0 Å². The Kier molecular flexibility index (Phi) is 4.44. The van der Waals surface area contributed by atoms with Crippen LogP contribution >= 0.6 is 0 Å². The fourth-order valence-electron chi connectivity index (χ4n) is 3.54. The molecule has 2 aliphatic heterocycles. The van der Waals surface area contributed by atoms with Gasteiger partial charge in [0.1, 0.15) is 0 Å². The average Bonchev–Trinajstić information content (AvgIpc) is 2.97. The lowest BCUT2D eigenvalue weighted by atomic mass is 10.1. The zero-order chi connectivity index (χ0) is 14.7. The molecule has 1 unspecified atom stereocenters. The summed E-state index contributed by atoms with van der Waals surface area (Å²) in [5, 5.41) is 0. The SMILES string of the molecule is NCC(CC(=O)N1CCCCC1)N1CCc2ccccc21. The highest BCUT2D eigenvalue weighted by Gasteiger charge is 2.28.